The molecule has 2 bridgehead atoms. The molecule has 1 saturated carbocycles. The van der Waals surface area contributed by atoms with Gasteiger partial charge in [0.25, 0.3) is 0 Å². The van der Waals surface area contributed by atoms with E-state index in [-0.39, 0.29) is 47.7 Å². The molecule has 2 heterocycles. The van der Waals surface area contributed by atoms with Crippen molar-refractivity contribution in [1.29, 1.82) is 0 Å². The topological polar surface area (TPSA) is 115 Å². The van der Waals surface area contributed by atoms with Crippen molar-refractivity contribution in [3.63, 3.8) is 0 Å². The van der Waals surface area contributed by atoms with Gasteiger partial charge in [-0.1, -0.05) is 12.2 Å². The van der Waals surface area contributed by atoms with E-state index in [0.717, 1.165) is 11.3 Å². The number of carbonyl (C=O) groups excluding carboxylic acids is 3. The van der Waals surface area contributed by atoms with Crippen molar-refractivity contribution in [2.45, 2.75) is 6.42 Å². The van der Waals surface area contributed by atoms with E-state index in [0.29, 0.717) is 16.7 Å². The first-order valence-corrected chi connectivity index (χ1v) is 8.57. The summed E-state index contributed by atoms with van der Waals surface area (Å²) in [4.78, 5) is 55.2. The molecular weight excluding hydrogens is 336 g/mol. The van der Waals surface area contributed by atoms with Crippen LogP contribution in [0, 0.1) is 23.7 Å². The second-order valence-corrected chi connectivity index (χ2v) is 7.15. The molecule has 1 aromatic heterocycles. The fourth-order valence-electron chi connectivity index (χ4n) is 4.57. The third-order valence-electron chi connectivity index (χ3n) is 5.66. The Hall–Kier alpha value is -3.16. The number of likely N-dealkylation sites (tertiary alicyclic amines) is 1. The number of aromatic amines is 2. The zero-order chi connectivity index (χ0) is 18.0. The predicted octanol–water partition coefficient (Wildman–Crippen LogP) is 0.602. The van der Waals surface area contributed by atoms with E-state index in [1.165, 1.54) is 0 Å². The number of nitrogens with one attached hydrogen (secondary N) is 3. The monoisotopic (exact) mass is 352 g/mol. The van der Waals surface area contributed by atoms with Crippen molar-refractivity contribution in [3.05, 3.63) is 40.8 Å². The lowest BCUT2D eigenvalue weighted by Crippen LogP contribution is -2.39. The molecule has 1 saturated heterocycles. The first-order valence-electron chi connectivity index (χ1n) is 8.57. The molecule has 0 radical (unpaired) electrons. The van der Waals surface area contributed by atoms with E-state index in [1.807, 2.05) is 12.2 Å². The number of imidazole rings is 1. The zero-order valence-electron chi connectivity index (χ0n) is 13.7. The number of imide groups is 1. The fourth-order valence-corrected chi connectivity index (χ4v) is 4.57. The second kappa shape index (κ2) is 5.17. The predicted molar refractivity (Wildman–Crippen MR) is 92.0 cm³/mol. The van der Waals surface area contributed by atoms with Crippen LogP contribution in [0.1, 0.15) is 6.42 Å². The second-order valence-electron chi connectivity index (χ2n) is 7.15. The van der Waals surface area contributed by atoms with Crippen molar-refractivity contribution in [3.8, 4) is 0 Å². The molecule has 5 rings (SSSR count). The van der Waals surface area contributed by atoms with Gasteiger partial charge in [0.05, 0.1) is 22.9 Å². The number of nitrogens with zero attached hydrogens (tertiary/aromatic N) is 1. The van der Waals surface area contributed by atoms with Gasteiger partial charge < -0.3 is 15.3 Å². The van der Waals surface area contributed by atoms with E-state index in [1.54, 1.807) is 18.2 Å². The molecule has 8 nitrogen and oxygen atoms in total. The lowest BCUT2D eigenvalue weighted by molar-refractivity contribution is -0.143. The Bertz CT molecular complexity index is 1020. The summed E-state index contributed by atoms with van der Waals surface area (Å²) >= 11 is 0. The number of hydrogen-bond acceptors (Lipinski definition) is 4. The van der Waals surface area contributed by atoms with Crippen molar-refractivity contribution in [2.75, 3.05) is 11.9 Å². The van der Waals surface area contributed by atoms with Crippen LogP contribution in [0.15, 0.2) is 35.1 Å². The maximum absolute atomic E-state index is 12.6. The molecule has 2 aromatic rings. The number of anilines is 1. The number of aromatic nitrogens is 2. The molecule has 3 amide bonds. The Kier molecular flexibility index (Phi) is 3.01. The lowest BCUT2D eigenvalue weighted by Gasteiger charge is -2.16. The molecule has 132 valence electrons. The fraction of sp³-hybridized carbons (Fsp3) is 0.333. The molecule has 8 heteroatoms. The van der Waals surface area contributed by atoms with E-state index >= 15 is 0 Å². The Labute approximate surface area is 147 Å². The summed E-state index contributed by atoms with van der Waals surface area (Å²) in [6.45, 7) is -0.286. The van der Waals surface area contributed by atoms with Gasteiger partial charge in [-0.3, -0.25) is 19.3 Å². The summed E-state index contributed by atoms with van der Waals surface area (Å²) in [5.41, 5.74) is 1.36. The first kappa shape index (κ1) is 15.1. The van der Waals surface area contributed by atoms with Crippen molar-refractivity contribution < 1.29 is 14.4 Å². The summed E-state index contributed by atoms with van der Waals surface area (Å²) in [6, 6.07) is 4.94. The quantitative estimate of drug-likeness (QED) is 0.554. The van der Waals surface area contributed by atoms with Crippen LogP contribution in [0.25, 0.3) is 11.0 Å². The molecule has 1 aliphatic heterocycles. The minimum atomic E-state index is -0.441. The minimum absolute atomic E-state index is 0.127. The molecule has 1 aromatic carbocycles. The van der Waals surface area contributed by atoms with E-state index in [4.69, 9.17) is 0 Å². The number of amides is 3. The Morgan fingerprint density at radius 2 is 1.69 bits per heavy atom. The smallest absolute Gasteiger partial charge is 0.323 e. The summed E-state index contributed by atoms with van der Waals surface area (Å²) in [7, 11) is 0. The summed E-state index contributed by atoms with van der Waals surface area (Å²) in [5, 5.41) is 2.68. The molecule has 3 N–H and O–H groups in total. The highest BCUT2D eigenvalue weighted by atomic mass is 16.2. The zero-order valence-corrected chi connectivity index (χ0v) is 13.7. The van der Waals surface area contributed by atoms with Gasteiger partial charge in [0.15, 0.2) is 0 Å². The summed E-state index contributed by atoms with van der Waals surface area (Å²) < 4.78 is 0. The normalized spacial score (nSPS) is 29.0. The average Bonchev–Trinajstić information content (AvgIpc) is 3.34. The van der Waals surface area contributed by atoms with Crippen LogP contribution in [0.2, 0.25) is 0 Å². The SMILES string of the molecule is O=C(CN1C(=O)C2C3C=CC(C3)C2C1=O)Nc1ccc2[nH]c(=O)[nH]c2c1. The summed E-state index contributed by atoms with van der Waals surface area (Å²) in [6.07, 6.45) is 4.91. The lowest BCUT2D eigenvalue weighted by atomic mass is 9.85. The Morgan fingerprint density at radius 1 is 1.04 bits per heavy atom. The highest BCUT2D eigenvalue weighted by molar-refractivity contribution is 6.09. The number of hydrogen-bond donors (Lipinski definition) is 3. The van der Waals surface area contributed by atoms with Gasteiger partial charge >= 0.3 is 5.69 Å². The van der Waals surface area contributed by atoms with Gasteiger partial charge in [-0.2, -0.15) is 0 Å². The van der Waals surface area contributed by atoms with Gasteiger partial charge in [-0.15, -0.1) is 0 Å². The molecule has 26 heavy (non-hydrogen) atoms. The molecule has 2 aliphatic carbocycles. The van der Waals surface area contributed by atoms with Gasteiger partial charge in [0.1, 0.15) is 6.54 Å². The van der Waals surface area contributed by atoms with Crippen LogP contribution < -0.4 is 11.0 Å². The van der Waals surface area contributed by atoms with Crippen molar-refractivity contribution in [1.82, 2.24) is 14.9 Å². The number of allylic oxidation sites excluding steroid dienone is 2. The van der Waals surface area contributed by atoms with Crippen LogP contribution >= 0.6 is 0 Å². The molecule has 4 unspecified atom stereocenters. The van der Waals surface area contributed by atoms with E-state index in [9.17, 15) is 19.2 Å². The highest BCUT2D eigenvalue weighted by Gasteiger charge is 2.59. The first-order chi connectivity index (χ1) is 12.5. The van der Waals surface area contributed by atoms with Gasteiger partial charge in [0, 0.05) is 5.69 Å². The number of fused-ring (bicyclic) bond motifs is 6. The van der Waals surface area contributed by atoms with E-state index < -0.39 is 5.91 Å². The van der Waals surface area contributed by atoms with Crippen molar-refractivity contribution >= 4 is 34.4 Å². The summed E-state index contributed by atoms with van der Waals surface area (Å²) in [5.74, 6) is -1.26. The number of benzene rings is 1. The van der Waals surface area contributed by atoms with Crippen LogP contribution in [-0.4, -0.2) is 39.1 Å². The third-order valence-corrected chi connectivity index (χ3v) is 5.66. The number of carbonyl (C=O) groups is 3. The third kappa shape index (κ3) is 2.08. The molecule has 3 aliphatic rings. The van der Waals surface area contributed by atoms with E-state index in [2.05, 4.69) is 15.3 Å². The standard InChI is InChI=1S/C18H16N4O4/c23-13(19-10-3-4-11-12(6-10)21-18(26)20-11)7-22-16(24)14-8-1-2-9(5-8)15(14)17(22)25/h1-4,6,8-9,14-15H,5,7H2,(H,19,23)(H2,20,21,26). The van der Waals surface area contributed by atoms with Crippen LogP contribution in [0.4, 0.5) is 5.69 Å². The average molecular weight is 352 g/mol. The minimum Gasteiger partial charge on any atom is -0.324 e. The van der Waals surface area contributed by atoms with Crippen LogP contribution in [-0.2, 0) is 14.4 Å². The molecule has 4 atom stereocenters. The molecular formula is C18H16N4O4. The largest absolute Gasteiger partial charge is 0.324 e. The molecule has 0 spiro atoms. The Balaban J connectivity index is 1.31. The molecule has 2 fully saturated rings. The number of rotatable bonds is 3. The Morgan fingerprint density at radius 3 is 2.38 bits per heavy atom. The highest BCUT2D eigenvalue weighted by Crippen LogP contribution is 2.52. The van der Waals surface area contributed by atoms with Crippen LogP contribution in [0.5, 0.6) is 0 Å². The van der Waals surface area contributed by atoms with Gasteiger partial charge in [0.2, 0.25) is 17.7 Å². The maximum atomic E-state index is 12.6. The van der Waals surface area contributed by atoms with Crippen LogP contribution in [0.3, 0.4) is 0 Å². The van der Waals surface area contributed by atoms with Crippen molar-refractivity contribution in [2.24, 2.45) is 23.7 Å². The maximum Gasteiger partial charge on any atom is 0.323 e. The van der Waals surface area contributed by atoms with Gasteiger partial charge in [-0.05, 0) is 36.5 Å². The number of H-pyrrole nitrogens is 2. The van der Waals surface area contributed by atoms with Gasteiger partial charge in [-0.25, -0.2) is 4.79 Å².